The lowest BCUT2D eigenvalue weighted by atomic mass is 9.99. The van der Waals surface area contributed by atoms with Gasteiger partial charge in [-0.25, -0.2) is 0 Å². The number of nitrogens with zero attached hydrogens (tertiary/aromatic N) is 2. The Morgan fingerprint density at radius 3 is 2.64 bits per heavy atom. The molecule has 0 saturated carbocycles. The van der Waals surface area contributed by atoms with Crippen molar-refractivity contribution >= 4 is 5.91 Å². The average molecular weight is 302 g/mol. The number of phenolic OH excluding ortho intramolecular Hbond substituents is 1. The third-order valence-corrected chi connectivity index (χ3v) is 4.94. The molecule has 1 amide bonds. The van der Waals surface area contributed by atoms with E-state index in [1.54, 1.807) is 12.1 Å². The summed E-state index contributed by atoms with van der Waals surface area (Å²) in [6.45, 7) is 6.04. The molecule has 2 aliphatic rings. The Kier molecular flexibility index (Phi) is 4.67. The first-order chi connectivity index (χ1) is 10.6. The molecule has 22 heavy (non-hydrogen) atoms. The molecular formula is C18H26N2O2. The van der Waals surface area contributed by atoms with Crippen LogP contribution in [0.2, 0.25) is 0 Å². The summed E-state index contributed by atoms with van der Waals surface area (Å²) in [6, 6.07) is 5.62. The molecule has 1 aromatic carbocycles. The number of hydrogen-bond acceptors (Lipinski definition) is 3. The molecule has 2 fully saturated rings. The molecule has 0 radical (unpaired) electrons. The highest BCUT2D eigenvalue weighted by Gasteiger charge is 2.30. The van der Waals surface area contributed by atoms with Crippen molar-refractivity contribution in [3.05, 3.63) is 29.3 Å². The zero-order chi connectivity index (χ0) is 15.5. The van der Waals surface area contributed by atoms with Gasteiger partial charge in [-0.3, -0.25) is 4.79 Å². The fraction of sp³-hybridized carbons (Fsp3) is 0.611. The summed E-state index contributed by atoms with van der Waals surface area (Å²) >= 11 is 0. The molecule has 2 saturated heterocycles. The van der Waals surface area contributed by atoms with Crippen molar-refractivity contribution in [1.29, 1.82) is 0 Å². The summed E-state index contributed by atoms with van der Waals surface area (Å²) in [7, 11) is 0. The second-order valence-electron chi connectivity index (χ2n) is 6.68. The Morgan fingerprint density at radius 2 is 1.91 bits per heavy atom. The van der Waals surface area contributed by atoms with E-state index in [-0.39, 0.29) is 11.7 Å². The van der Waals surface area contributed by atoms with Crippen molar-refractivity contribution in [3.63, 3.8) is 0 Å². The van der Waals surface area contributed by atoms with Gasteiger partial charge in [-0.1, -0.05) is 6.07 Å². The van der Waals surface area contributed by atoms with Gasteiger partial charge in [0.15, 0.2) is 0 Å². The fourth-order valence-corrected chi connectivity index (χ4v) is 3.70. The Balaban J connectivity index is 1.75. The first-order valence-corrected chi connectivity index (χ1v) is 8.48. The van der Waals surface area contributed by atoms with E-state index in [1.807, 2.05) is 17.9 Å². The Bertz CT molecular complexity index is 538. The maximum Gasteiger partial charge on any atom is 0.257 e. The van der Waals surface area contributed by atoms with Crippen molar-refractivity contribution in [2.24, 2.45) is 0 Å². The van der Waals surface area contributed by atoms with Crippen molar-refractivity contribution in [1.82, 2.24) is 9.80 Å². The average Bonchev–Trinajstić information content (AvgIpc) is 3.00. The topological polar surface area (TPSA) is 43.8 Å². The molecule has 0 spiro atoms. The predicted molar refractivity (Wildman–Crippen MR) is 87.2 cm³/mol. The van der Waals surface area contributed by atoms with Crippen molar-refractivity contribution in [3.8, 4) is 5.75 Å². The molecule has 3 rings (SSSR count). The molecule has 0 aliphatic carbocycles. The Hall–Kier alpha value is -1.55. The number of benzene rings is 1. The number of hydrogen-bond donors (Lipinski definition) is 1. The van der Waals surface area contributed by atoms with Crippen LogP contribution in [-0.2, 0) is 0 Å². The normalized spacial score (nSPS) is 23.0. The highest BCUT2D eigenvalue weighted by atomic mass is 16.3. The lowest BCUT2D eigenvalue weighted by Crippen LogP contribution is -2.49. The van der Waals surface area contributed by atoms with E-state index >= 15 is 0 Å². The molecule has 0 bridgehead atoms. The first kappa shape index (κ1) is 15.3. The third-order valence-electron chi connectivity index (χ3n) is 4.94. The molecule has 4 nitrogen and oxygen atoms in total. The van der Waals surface area contributed by atoms with Gasteiger partial charge in [-0.2, -0.15) is 0 Å². The molecule has 0 aromatic heterocycles. The number of aryl methyl sites for hydroxylation is 1. The molecule has 1 aromatic rings. The standard InChI is InChI=1S/C18H26N2O2/c1-14-7-8-16(17(21)12-14)18(22)20-11-3-2-6-15(20)13-19-9-4-5-10-19/h7-8,12,15,21H,2-6,9-11,13H2,1H3/t15-/m0/s1. The smallest absolute Gasteiger partial charge is 0.257 e. The van der Waals surface area contributed by atoms with Crippen LogP contribution >= 0.6 is 0 Å². The fourth-order valence-electron chi connectivity index (χ4n) is 3.70. The number of phenols is 1. The maximum absolute atomic E-state index is 12.9. The van der Waals surface area contributed by atoms with Crippen LogP contribution in [0.25, 0.3) is 0 Å². The van der Waals surface area contributed by atoms with E-state index in [0.717, 1.165) is 44.6 Å². The van der Waals surface area contributed by atoms with E-state index in [9.17, 15) is 9.90 Å². The van der Waals surface area contributed by atoms with Crippen molar-refractivity contribution < 1.29 is 9.90 Å². The van der Waals surface area contributed by atoms with Gasteiger partial charge < -0.3 is 14.9 Å². The monoisotopic (exact) mass is 302 g/mol. The van der Waals surface area contributed by atoms with E-state index in [0.29, 0.717) is 11.6 Å². The van der Waals surface area contributed by atoms with E-state index in [1.165, 1.54) is 19.3 Å². The van der Waals surface area contributed by atoms with Gasteiger partial charge in [-0.05, 0) is 69.8 Å². The van der Waals surface area contributed by atoms with Crippen LogP contribution in [0.1, 0.15) is 48.0 Å². The Morgan fingerprint density at radius 1 is 1.18 bits per heavy atom. The zero-order valence-electron chi connectivity index (χ0n) is 13.4. The van der Waals surface area contributed by atoms with Gasteiger partial charge in [0.1, 0.15) is 5.75 Å². The summed E-state index contributed by atoms with van der Waals surface area (Å²) in [5, 5.41) is 10.1. The van der Waals surface area contributed by atoms with Crippen LogP contribution < -0.4 is 0 Å². The van der Waals surface area contributed by atoms with Gasteiger partial charge in [0, 0.05) is 19.1 Å². The third kappa shape index (κ3) is 3.27. The van der Waals surface area contributed by atoms with E-state index < -0.39 is 0 Å². The molecule has 4 heteroatoms. The van der Waals surface area contributed by atoms with Crippen LogP contribution in [0.5, 0.6) is 5.75 Å². The maximum atomic E-state index is 12.9. The molecule has 120 valence electrons. The summed E-state index contributed by atoms with van der Waals surface area (Å²) in [6.07, 6.45) is 5.89. The number of amides is 1. The minimum absolute atomic E-state index is 0.0126. The molecule has 2 aliphatic heterocycles. The largest absolute Gasteiger partial charge is 0.507 e. The quantitative estimate of drug-likeness (QED) is 0.933. The SMILES string of the molecule is Cc1ccc(C(=O)N2CCCC[C@H]2CN2CCCC2)c(O)c1. The van der Waals surface area contributed by atoms with Gasteiger partial charge in [0.2, 0.25) is 0 Å². The molecule has 1 atom stereocenters. The predicted octanol–water partition coefficient (Wildman–Crippen LogP) is 2.79. The highest BCUT2D eigenvalue weighted by Crippen LogP contribution is 2.26. The number of aromatic hydroxyl groups is 1. The van der Waals surface area contributed by atoms with Gasteiger partial charge in [-0.15, -0.1) is 0 Å². The number of rotatable bonds is 3. The van der Waals surface area contributed by atoms with Gasteiger partial charge in [0.05, 0.1) is 5.56 Å². The van der Waals surface area contributed by atoms with Crippen LogP contribution in [0.15, 0.2) is 18.2 Å². The number of carbonyl (C=O) groups excluding carboxylic acids is 1. The van der Waals surface area contributed by atoms with Crippen LogP contribution in [0.3, 0.4) is 0 Å². The lowest BCUT2D eigenvalue weighted by Gasteiger charge is -2.38. The second-order valence-corrected chi connectivity index (χ2v) is 6.68. The van der Waals surface area contributed by atoms with Crippen LogP contribution in [0.4, 0.5) is 0 Å². The van der Waals surface area contributed by atoms with Gasteiger partial charge >= 0.3 is 0 Å². The van der Waals surface area contributed by atoms with E-state index in [2.05, 4.69) is 4.90 Å². The lowest BCUT2D eigenvalue weighted by molar-refractivity contribution is 0.0557. The molecule has 1 N–H and O–H groups in total. The number of piperidine rings is 1. The minimum Gasteiger partial charge on any atom is -0.507 e. The van der Waals surface area contributed by atoms with Crippen molar-refractivity contribution in [2.75, 3.05) is 26.2 Å². The number of likely N-dealkylation sites (tertiary alicyclic amines) is 2. The molecular weight excluding hydrogens is 276 g/mol. The van der Waals surface area contributed by atoms with Crippen LogP contribution in [-0.4, -0.2) is 53.0 Å². The van der Waals surface area contributed by atoms with Crippen LogP contribution in [0, 0.1) is 6.92 Å². The zero-order valence-corrected chi connectivity index (χ0v) is 13.4. The minimum atomic E-state index is -0.0126. The Labute approximate surface area is 132 Å². The second kappa shape index (κ2) is 6.69. The van der Waals surface area contributed by atoms with Gasteiger partial charge in [0.25, 0.3) is 5.91 Å². The molecule has 2 heterocycles. The summed E-state index contributed by atoms with van der Waals surface area (Å²) in [5.74, 6) is 0.0943. The highest BCUT2D eigenvalue weighted by molar-refractivity contribution is 5.97. The number of carbonyl (C=O) groups is 1. The van der Waals surface area contributed by atoms with E-state index in [4.69, 9.17) is 0 Å². The van der Waals surface area contributed by atoms with Crippen molar-refractivity contribution in [2.45, 2.75) is 45.1 Å². The summed E-state index contributed by atoms with van der Waals surface area (Å²) < 4.78 is 0. The summed E-state index contributed by atoms with van der Waals surface area (Å²) in [4.78, 5) is 17.3. The summed E-state index contributed by atoms with van der Waals surface area (Å²) in [5.41, 5.74) is 1.42. The first-order valence-electron chi connectivity index (χ1n) is 8.48. The molecule has 0 unspecified atom stereocenters.